The van der Waals surface area contributed by atoms with Crippen molar-refractivity contribution in [3.05, 3.63) is 36.6 Å². The molecule has 0 spiro atoms. The smallest absolute Gasteiger partial charge is 0.141 e. The lowest BCUT2D eigenvalue weighted by molar-refractivity contribution is 1.07. The second kappa shape index (κ2) is 4.56. The Bertz CT molecular complexity index is 875. The van der Waals surface area contributed by atoms with Crippen LogP contribution in [-0.4, -0.2) is 25.1 Å². The fourth-order valence-corrected chi connectivity index (χ4v) is 2.43. The number of nitrogens with zero attached hydrogens (tertiary/aromatic N) is 4. The van der Waals surface area contributed by atoms with Gasteiger partial charge in [0.15, 0.2) is 0 Å². The van der Waals surface area contributed by atoms with E-state index in [1.54, 1.807) is 6.20 Å². The predicted molar refractivity (Wildman–Crippen MR) is 77.8 cm³/mol. The molecular formula is C15H12N6. The number of rotatable bonds is 3. The molecule has 3 heterocycles. The monoisotopic (exact) mass is 276 g/mol. The number of hydrogen-bond donors (Lipinski definition) is 2. The molecule has 0 bridgehead atoms. The van der Waals surface area contributed by atoms with Gasteiger partial charge in [0.1, 0.15) is 18.0 Å². The third kappa shape index (κ3) is 1.99. The highest BCUT2D eigenvalue weighted by atomic mass is 15.1. The summed E-state index contributed by atoms with van der Waals surface area (Å²) in [6.45, 7) is 0. The molecule has 0 saturated heterocycles. The van der Waals surface area contributed by atoms with Gasteiger partial charge in [-0.15, -0.1) is 0 Å². The van der Waals surface area contributed by atoms with Crippen LogP contribution in [0.2, 0.25) is 0 Å². The van der Waals surface area contributed by atoms with Crippen LogP contribution in [0.5, 0.6) is 0 Å². The molecule has 1 saturated carbocycles. The molecule has 1 aliphatic rings. The third-order valence-electron chi connectivity index (χ3n) is 3.66. The molecule has 2 N–H and O–H groups in total. The lowest BCUT2D eigenvalue weighted by Gasteiger charge is -2.02. The summed E-state index contributed by atoms with van der Waals surface area (Å²) < 4.78 is 0. The van der Waals surface area contributed by atoms with Crippen LogP contribution in [0.25, 0.3) is 27.9 Å². The third-order valence-corrected chi connectivity index (χ3v) is 3.66. The van der Waals surface area contributed by atoms with Crippen molar-refractivity contribution in [2.75, 3.05) is 0 Å². The zero-order valence-corrected chi connectivity index (χ0v) is 11.2. The molecule has 102 valence electrons. The normalized spacial score (nSPS) is 15.3. The van der Waals surface area contributed by atoms with Crippen LogP contribution in [-0.2, 0) is 0 Å². The molecule has 1 aliphatic carbocycles. The number of nitrogens with one attached hydrogen (secondary N) is 2. The van der Waals surface area contributed by atoms with Crippen molar-refractivity contribution < 1.29 is 0 Å². The van der Waals surface area contributed by atoms with E-state index in [2.05, 4.69) is 31.2 Å². The van der Waals surface area contributed by atoms with Crippen molar-refractivity contribution in [2.45, 2.75) is 12.8 Å². The number of aromatic nitrogens is 5. The van der Waals surface area contributed by atoms with Crippen molar-refractivity contribution >= 4 is 16.6 Å². The Hall–Kier alpha value is -2.94. The van der Waals surface area contributed by atoms with Crippen molar-refractivity contribution in [3.8, 4) is 17.3 Å². The average molecular weight is 276 g/mol. The Kier molecular flexibility index (Phi) is 2.57. The van der Waals surface area contributed by atoms with E-state index in [0.29, 0.717) is 11.5 Å². The maximum absolute atomic E-state index is 9.41. The van der Waals surface area contributed by atoms with Gasteiger partial charge in [-0.25, -0.2) is 9.97 Å². The largest absolute Gasteiger partial charge is 0.346 e. The van der Waals surface area contributed by atoms with Gasteiger partial charge in [-0.1, -0.05) is 6.08 Å². The Labute approximate surface area is 120 Å². The van der Waals surface area contributed by atoms with E-state index in [1.807, 2.05) is 18.3 Å². The number of fused-ring (bicyclic) bond motifs is 1. The van der Waals surface area contributed by atoms with Gasteiger partial charge in [0.2, 0.25) is 0 Å². The lowest BCUT2D eigenvalue weighted by atomic mass is 10.0. The summed E-state index contributed by atoms with van der Waals surface area (Å²) in [4.78, 5) is 11.6. The molecule has 6 nitrogen and oxygen atoms in total. The number of nitriles is 1. The predicted octanol–water partition coefficient (Wildman–Crippen LogP) is 2.66. The standard InChI is InChI=1S/C15H12N6/c16-6-10(5-9-1-2-9)13-12(7-20-21-13)14-11-3-4-17-15(11)19-8-18-14/h3-5,7-9H,1-2H2,(H,20,21)(H,17,18,19)/b10-5+. The Morgan fingerprint density at radius 3 is 3.10 bits per heavy atom. The van der Waals surface area contributed by atoms with Crippen LogP contribution in [0.1, 0.15) is 18.5 Å². The minimum Gasteiger partial charge on any atom is -0.346 e. The van der Waals surface area contributed by atoms with Gasteiger partial charge in [-0.2, -0.15) is 10.4 Å². The van der Waals surface area contributed by atoms with E-state index in [0.717, 1.165) is 40.8 Å². The molecule has 3 aromatic rings. The number of H-pyrrole nitrogens is 2. The summed E-state index contributed by atoms with van der Waals surface area (Å²) in [5.74, 6) is 0.522. The molecule has 0 aliphatic heterocycles. The topological polar surface area (TPSA) is 94.0 Å². The lowest BCUT2D eigenvalue weighted by Crippen LogP contribution is -1.91. The zero-order chi connectivity index (χ0) is 14.2. The fraction of sp³-hybridized carbons (Fsp3) is 0.200. The first kappa shape index (κ1) is 11.9. The van der Waals surface area contributed by atoms with E-state index < -0.39 is 0 Å². The van der Waals surface area contributed by atoms with Crippen molar-refractivity contribution in [2.24, 2.45) is 5.92 Å². The van der Waals surface area contributed by atoms with Crippen molar-refractivity contribution in [1.82, 2.24) is 25.1 Å². The van der Waals surface area contributed by atoms with Gasteiger partial charge in [-0.3, -0.25) is 5.10 Å². The minimum atomic E-state index is 0.522. The quantitative estimate of drug-likeness (QED) is 0.719. The van der Waals surface area contributed by atoms with Gasteiger partial charge in [0.25, 0.3) is 0 Å². The van der Waals surface area contributed by atoms with Gasteiger partial charge < -0.3 is 4.98 Å². The number of aromatic amines is 2. The summed E-state index contributed by atoms with van der Waals surface area (Å²) in [5.41, 5.74) is 3.74. The first-order valence-corrected chi connectivity index (χ1v) is 6.81. The molecule has 1 fully saturated rings. The molecule has 0 unspecified atom stereocenters. The molecule has 0 radical (unpaired) electrons. The summed E-state index contributed by atoms with van der Waals surface area (Å²) in [5, 5.41) is 17.4. The second-order valence-electron chi connectivity index (χ2n) is 5.15. The fourth-order valence-electron chi connectivity index (χ4n) is 2.43. The molecule has 4 rings (SSSR count). The highest BCUT2D eigenvalue weighted by molar-refractivity contribution is 5.94. The van der Waals surface area contributed by atoms with Crippen molar-refractivity contribution in [1.29, 1.82) is 5.26 Å². The van der Waals surface area contributed by atoms with Crippen LogP contribution in [0.4, 0.5) is 0 Å². The van der Waals surface area contributed by atoms with Gasteiger partial charge >= 0.3 is 0 Å². The van der Waals surface area contributed by atoms with E-state index in [1.165, 1.54) is 6.33 Å². The Morgan fingerprint density at radius 2 is 2.29 bits per heavy atom. The van der Waals surface area contributed by atoms with Gasteiger partial charge in [-0.05, 0) is 24.8 Å². The van der Waals surface area contributed by atoms with Gasteiger partial charge in [0.05, 0.1) is 23.2 Å². The maximum atomic E-state index is 9.41. The second-order valence-corrected chi connectivity index (χ2v) is 5.15. The molecular weight excluding hydrogens is 264 g/mol. The molecule has 21 heavy (non-hydrogen) atoms. The van der Waals surface area contributed by atoms with Gasteiger partial charge in [0, 0.05) is 17.1 Å². The van der Waals surface area contributed by atoms with E-state index in [-0.39, 0.29) is 0 Å². The first-order valence-electron chi connectivity index (χ1n) is 6.81. The number of allylic oxidation sites excluding steroid dienone is 2. The van der Waals surface area contributed by atoms with E-state index >= 15 is 0 Å². The first-order chi connectivity index (χ1) is 10.4. The highest BCUT2D eigenvalue weighted by Gasteiger charge is 2.22. The van der Waals surface area contributed by atoms with Crippen LogP contribution in [0.15, 0.2) is 30.9 Å². The summed E-state index contributed by atoms with van der Waals surface area (Å²) >= 11 is 0. The molecule has 0 aromatic carbocycles. The maximum Gasteiger partial charge on any atom is 0.141 e. The average Bonchev–Trinajstić information content (AvgIpc) is 3.02. The number of hydrogen-bond acceptors (Lipinski definition) is 4. The van der Waals surface area contributed by atoms with Crippen LogP contribution in [0.3, 0.4) is 0 Å². The highest BCUT2D eigenvalue weighted by Crippen LogP contribution is 2.35. The van der Waals surface area contributed by atoms with Crippen LogP contribution >= 0.6 is 0 Å². The molecule has 0 atom stereocenters. The molecule has 3 aromatic heterocycles. The van der Waals surface area contributed by atoms with Crippen LogP contribution < -0.4 is 0 Å². The van der Waals surface area contributed by atoms with Crippen molar-refractivity contribution in [3.63, 3.8) is 0 Å². The van der Waals surface area contributed by atoms with E-state index in [4.69, 9.17) is 0 Å². The molecule has 0 amide bonds. The summed E-state index contributed by atoms with van der Waals surface area (Å²) in [6, 6.07) is 4.20. The SMILES string of the molecule is N#C/C(=C\C1CC1)c1[nH]ncc1-c1ncnc2[nH]ccc12. The summed E-state index contributed by atoms with van der Waals surface area (Å²) in [6.07, 6.45) is 9.39. The Balaban J connectivity index is 1.89. The molecule has 6 heteroatoms. The summed E-state index contributed by atoms with van der Waals surface area (Å²) in [7, 11) is 0. The van der Waals surface area contributed by atoms with E-state index in [9.17, 15) is 5.26 Å². The zero-order valence-electron chi connectivity index (χ0n) is 11.2. The minimum absolute atomic E-state index is 0.522. The van der Waals surface area contributed by atoms with Crippen LogP contribution in [0, 0.1) is 17.2 Å². The Morgan fingerprint density at radius 1 is 1.38 bits per heavy atom.